The van der Waals surface area contributed by atoms with Crippen LogP contribution in [0, 0.1) is 31.1 Å². The fourth-order valence-corrected chi connectivity index (χ4v) is 4.66. The van der Waals surface area contributed by atoms with Gasteiger partial charge in [-0.15, -0.1) is 0 Å². The largest absolute Gasteiger partial charge is 0.355 e. The predicted molar refractivity (Wildman–Crippen MR) is 133 cm³/mol. The first-order chi connectivity index (χ1) is 16.5. The lowest BCUT2D eigenvalue weighted by molar-refractivity contribution is -0.126. The summed E-state index contributed by atoms with van der Waals surface area (Å²) >= 11 is 0. The standard InChI is InChI=1S/C28H33N5O/c1-21-5-6-22(2)26(14-21)19-32-13-3-4-25(18-32)28(34)31-12-11-27-16-30-20-33(27)17-24-9-7-23(15-29)8-10-24/h5-10,14,16,20,25H,3-4,11-13,17-19H2,1-2H3,(H,31,34). The van der Waals surface area contributed by atoms with Gasteiger partial charge in [-0.2, -0.15) is 5.26 Å². The number of rotatable bonds is 8. The smallest absolute Gasteiger partial charge is 0.224 e. The molecular weight excluding hydrogens is 422 g/mol. The van der Waals surface area contributed by atoms with E-state index >= 15 is 0 Å². The molecule has 0 radical (unpaired) electrons. The Bertz CT molecular complexity index is 1160. The van der Waals surface area contributed by atoms with Crippen LogP contribution in [0.4, 0.5) is 0 Å². The van der Waals surface area contributed by atoms with E-state index in [1.165, 1.54) is 16.7 Å². The summed E-state index contributed by atoms with van der Waals surface area (Å²) in [4.78, 5) is 19.6. The maximum atomic E-state index is 12.9. The first-order valence-electron chi connectivity index (χ1n) is 12.1. The van der Waals surface area contributed by atoms with Gasteiger partial charge in [0.15, 0.2) is 0 Å². The van der Waals surface area contributed by atoms with Crippen molar-refractivity contribution in [1.29, 1.82) is 5.26 Å². The van der Waals surface area contributed by atoms with E-state index in [-0.39, 0.29) is 11.8 Å². The summed E-state index contributed by atoms with van der Waals surface area (Å²) < 4.78 is 2.10. The number of hydrogen-bond donors (Lipinski definition) is 1. The molecule has 0 aliphatic carbocycles. The van der Waals surface area contributed by atoms with Crippen LogP contribution in [0.15, 0.2) is 55.0 Å². The summed E-state index contributed by atoms with van der Waals surface area (Å²) in [6.07, 6.45) is 6.43. The molecule has 2 heterocycles. The number of likely N-dealkylation sites (tertiary alicyclic amines) is 1. The molecule has 1 unspecified atom stereocenters. The van der Waals surface area contributed by atoms with Gasteiger partial charge >= 0.3 is 0 Å². The number of benzene rings is 2. The number of amides is 1. The molecule has 34 heavy (non-hydrogen) atoms. The molecule has 1 aromatic heterocycles. The molecule has 1 N–H and O–H groups in total. The first kappa shape index (κ1) is 23.7. The lowest BCUT2D eigenvalue weighted by Crippen LogP contribution is -2.43. The second-order valence-corrected chi connectivity index (χ2v) is 9.37. The van der Waals surface area contributed by atoms with Gasteiger partial charge in [-0.3, -0.25) is 9.69 Å². The zero-order valence-electron chi connectivity index (χ0n) is 20.1. The van der Waals surface area contributed by atoms with Crippen LogP contribution in [0.25, 0.3) is 0 Å². The minimum atomic E-state index is 0.0439. The minimum absolute atomic E-state index is 0.0439. The number of imidazole rings is 1. The van der Waals surface area contributed by atoms with Gasteiger partial charge in [0.2, 0.25) is 5.91 Å². The molecular formula is C28H33N5O. The third-order valence-corrected chi connectivity index (χ3v) is 6.69. The number of nitriles is 1. The second-order valence-electron chi connectivity index (χ2n) is 9.37. The molecule has 4 rings (SSSR count). The Morgan fingerprint density at radius 2 is 2.00 bits per heavy atom. The van der Waals surface area contributed by atoms with Crippen LogP contribution in [0.3, 0.4) is 0 Å². The number of aromatic nitrogens is 2. The van der Waals surface area contributed by atoms with Crippen molar-refractivity contribution in [1.82, 2.24) is 19.8 Å². The van der Waals surface area contributed by atoms with Crippen LogP contribution in [0.2, 0.25) is 0 Å². The van der Waals surface area contributed by atoms with E-state index in [9.17, 15) is 4.79 Å². The minimum Gasteiger partial charge on any atom is -0.355 e. The SMILES string of the molecule is Cc1ccc(C)c(CN2CCCC(C(=O)NCCc3cncn3Cc3ccc(C#N)cc3)C2)c1. The summed E-state index contributed by atoms with van der Waals surface area (Å²) in [5.41, 5.74) is 6.82. The van der Waals surface area contributed by atoms with E-state index in [4.69, 9.17) is 5.26 Å². The molecule has 1 amide bonds. The van der Waals surface area contributed by atoms with Crippen molar-refractivity contribution in [2.24, 2.45) is 5.92 Å². The Hall–Kier alpha value is -3.43. The van der Waals surface area contributed by atoms with E-state index in [0.29, 0.717) is 18.7 Å². The number of carbonyl (C=O) groups is 1. The highest BCUT2D eigenvalue weighted by molar-refractivity contribution is 5.79. The predicted octanol–water partition coefficient (Wildman–Crippen LogP) is 3.99. The van der Waals surface area contributed by atoms with Gasteiger partial charge in [0, 0.05) is 44.5 Å². The Kier molecular flexibility index (Phi) is 7.76. The molecule has 3 aromatic rings. The van der Waals surface area contributed by atoms with E-state index in [1.807, 2.05) is 36.8 Å². The van der Waals surface area contributed by atoms with Crippen molar-refractivity contribution in [2.45, 2.75) is 46.2 Å². The highest BCUT2D eigenvalue weighted by Gasteiger charge is 2.25. The third kappa shape index (κ3) is 6.12. The van der Waals surface area contributed by atoms with E-state index in [2.05, 4.69) is 57.9 Å². The molecule has 1 saturated heterocycles. The molecule has 1 aliphatic heterocycles. The van der Waals surface area contributed by atoms with E-state index in [1.54, 1.807) is 0 Å². The Morgan fingerprint density at radius 1 is 1.18 bits per heavy atom. The van der Waals surface area contributed by atoms with Crippen molar-refractivity contribution in [3.8, 4) is 6.07 Å². The van der Waals surface area contributed by atoms with E-state index < -0.39 is 0 Å². The summed E-state index contributed by atoms with van der Waals surface area (Å²) in [6, 6.07) is 16.4. The molecule has 176 valence electrons. The van der Waals surface area contributed by atoms with Crippen molar-refractivity contribution in [2.75, 3.05) is 19.6 Å². The second kappa shape index (κ2) is 11.1. The molecule has 0 saturated carbocycles. The monoisotopic (exact) mass is 455 g/mol. The van der Waals surface area contributed by atoms with Crippen molar-refractivity contribution in [3.05, 3.63) is 88.5 Å². The fourth-order valence-electron chi connectivity index (χ4n) is 4.66. The van der Waals surface area contributed by atoms with Gasteiger partial charge in [0.05, 0.1) is 23.9 Å². The first-order valence-corrected chi connectivity index (χ1v) is 12.1. The summed E-state index contributed by atoms with van der Waals surface area (Å²) in [5, 5.41) is 12.1. The Morgan fingerprint density at radius 3 is 2.79 bits per heavy atom. The molecule has 0 spiro atoms. The summed E-state index contributed by atoms with van der Waals surface area (Å²) in [7, 11) is 0. The highest BCUT2D eigenvalue weighted by Crippen LogP contribution is 2.21. The van der Waals surface area contributed by atoms with Crippen LogP contribution >= 0.6 is 0 Å². The lowest BCUT2D eigenvalue weighted by Gasteiger charge is -2.32. The number of nitrogens with zero attached hydrogens (tertiary/aromatic N) is 4. The quantitative estimate of drug-likeness (QED) is 0.557. The molecule has 1 atom stereocenters. The van der Waals surface area contributed by atoms with Crippen LogP contribution in [-0.2, 0) is 24.3 Å². The molecule has 2 aromatic carbocycles. The van der Waals surface area contributed by atoms with Gasteiger partial charge in [-0.05, 0) is 62.1 Å². The van der Waals surface area contributed by atoms with Crippen LogP contribution in [0.5, 0.6) is 0 Å². The molecule has 1 fully saturated rings. The van der Waals surface area contributed by atoms with Crippen LogP contribution in [0.1, 0.15) is 46.4 Å². The van der Waals surface area contributed by atoms with Gasteiger partial charge in [-0.1, -0.05) is 35.9 Å². The topological polar surface area (TPSA) is 74.0 Å². The van der Waals surface area contributed by atoms with Gasteiger partial charge in [0.1, 0.15) is 0 Å². The zero-order chi connectivity index (χ0) is 23.9. The average molecular weight is 456 g/mol. The number of carbonyl (C=O) groups excluding carboxylic acids is 1. The fraction of sp³-hybridized carbons (Fsp3) is 0.393. The number of aryl methyl sites for hydroxylation is 2. The summed E-state index contributed by atoms with van der Waals surface area (Å²) in [6.45, 7) is 8.37. The third-order valence-electron chi connectivity index (χ3n) is 6.69. The zero-order valence-corrected chi connectivity index (χ0v) is 20.1. The lowest BCUT2D eigenvalue weighted by atomic mass is 9.96. The molecule has 0 bridgehead atoms. The normalized spacial score (nSPS) is 16.2. The van der Waals surface area contributed by atoms with Crippen LogP contribution in [-0.4, -0.2) is 40.0 Å². The molecule has 1 aliphatic rings. The van der Waals surface area contributed by atoms with Gasteiger partial charge < -0.3 is 9.88 Å². The van der Waals surface area contributed by atoms with Crippen molar-refractivity contribution < 1.29 is 4.79 Å². The maximum absolute atomic E-state index is 12.9. The average Bonchev–Trinajstić information content (AvgIpc) is 3.28. The molecule has 6 nitrogen and oxygen atoms in total. The molecule has 6 heteroatoms. The Labute approximate surface area is 202 Å². The van der Waals surface area contributed by atoms with Crippen molar-refractivity contribution in [3.63, 3.8) is 0 Å². The summed E-state index contributed by atoms with van der Waals surface area (Å²) in [5.74, 6) is 0.200. The highest BCUT2D eigenvalue weighted by atomic mass is 16.1. The number of nitrogens with one attached hydrogen (secondary N) is 1. The van der Waals surface area contributed by atoms with Gasteiger partial charge in [0.25, 0.3) is 0 Å². The number of piperidine rings is 1. The van der Waals surface area contributed by atoms with Gasteiger partial charge in [-0.25, -0.2) is 4.98 Å². The van der Waals surface area contributed by atoms with Crippen molar-refractivity contribution >= 4 is 5.91 Å². The number of hydrogen-bond acceptors (Lipinski definition) is 4. The Balaban J connectivity index is 1.27. The van der Waals surface area contributed by atoms with E-state index in [0.717, 1.165) is 50.2 Å². The maximum Gasteiger partial charge on any atom is 0.224 e. The van der Waals surface area contributed by atoms with Crippen LogP contribution < -0.4 is 5.32 Å².